The third kappa shape index (κ3) is 5.61. The first kappa shape index (κ1) is 25.3. The molecule has 7 nitrogen and oxygen atoms in total. The van der Waals surface area contributed by atoms with Crippen molar-refractivity contribution in [3.05, 3.63) is 58.9 Å². The minimum absolute atomic E-state index is 0.00117. The van der Waals surface area contributed by atoms with Crippen LogP contribution in [0.5, 0.6) is 0 Å². The molecule has 0 spiro atoms. The lowest BCUT2D eigenvalue weighted by Crippen LogP contribution is -2.22. The van der Waals surface area contributed by atoms with Gasteiger partial charge in [-0.15, -0.1) is 0 Å². The Bertz CT molecular complexity index is 1370. The Balaban J connectivity index is 1.99. The van der Waals surface area contributed by atoms with Crippen molar-refractivity contribution in [2.24, 2.45) is 0 Å². The van der Waals surface area contributed by atoms with Crippen LogP contribution >= 0.6 is 0 Å². The number of anilines is 1. The molecule has 0 unspecified atom stereocenters. The fraction of sp³-hybridized carbons (Fsp3) is 0.333. The fourth-order valence-corrected chi connectivity index (χ4v) is 4.55. The molecule has 2 heterocycles. The number of pyridine rings is 1. The number of rotatable bonds is 9. The maximum absolute atomic E-state index is 15.1. The molecule has 3 rings (SSSR count). The first-order chi connectivity index (χ1) is 16.2. The number of halogens is 2. The second kappa shape index (κ2) is 10.8. The number of hydrogen-bond acceptors (Lipinski definition) is 5. The van der Waals surface area contributed by atoms with Gasteiger partial charge >= 0.3 is 0 Å². The average Bonchev–Trinajstić information content (AvgIpc) is 3.22. The van der Waals surface area contributed by atoms with Crippen molar-refractivity contribution in [2.45, 2.75) is 27.2 Å². The monoisotopic (exact) mass is 488 g/mol. The molecule has 0 saturated carbocycles. The molecule has 180 valence electrons. The second-order valence-electron chi connectivity index (χ2n) is 7.62. The Morgan fingerprint density at radius 1 is 1.21 bits per heavy atom. The topological polar surface area (TPSA) is 95.2 Å². The Morgan fingerprint density at radius 2 is 1.94 bits per heavy atom. The third-order valence-electron chi connectivity index (χ3n) is 5.26. The predicted molar refractivity (Wildman–Crippen MR) is 128 cm³/mol. The molecule has 0 aliphatic heterocycles. The van der Waals surface area contributed by atoms with Gasteiger partial charge in [-0.3, -0.25) is 14.4 Å². The van der Waals surface area contributed by atoms with Gasteiger partial charge in [-0.1, -0.05) is 32.6 Å². The van der Waals surface area contributed by atoms with Gasteiger partial charge in [0, 0.05) is 28.9 Å². The number of nitrogens with zero attached hydrogens (tertiary/aromatic N) is 2. The van der Waals surface area contributed by atoms with Crippen LogP contribution < -0.4 is 4.72 Å². The van der Waals surface area contributed by atoms with Crippen LogP contribution in [-0.4, -0.2) is 54.5 Å². The van der Waals surface area contributed by atoms with Crippen LogP contribution in [0.15, 0.2) is 30.6 Å². The van der Waals surface area contributed by atoms with Crippen molar-refractivity contribution in [2.75, 3.05) is 30.1 Å². The molecule has 10 heteroatoms. The van der Waals surface area contributed by atoms with E-state index in [0.29, 0.717) is 29.6 Å². The number of carbonyl (C=O) groups is 1. The van der Waals surface area contributed by atoms with E-state index in [9.17, 15) is 17.6 Å². The van der Waals surface area contributed by atoms with Gasteiger partial charge in [0.05, 0.1) is 23.5 Å². The van der Waals surface area contributed by atoms with Crippen LogP contribution in [0.25, 0.3) is 11.0 Å². The third-order valence-corrected chi connectivity index (χ3v) is 6.74. The van der Waals surface area contributed by atoms with Gasteiger partial charge in [0.25, 0.3) is 0 Å². The highest BCUT2D eigenvalue weighted by Gasteiger charge is 2.25. The van der Waals surface area contributed by atoms with E-state index in [1.165, 1.54) is 6.20 Å². The summed E-state index contributed by atoms with van der Waals surface area (Å²) in [5, 5.41) is 0.357. The molecule has 34 heavy (non-hydrogen) atoms. The lowest BCUT2D eigenvalue weighted by molar-refractivity contribution is 0.103. The van der Waals surface area contributed by atoms with Gasteiger partial charge in [0.2, 0.25) is 15.8 Å². The number of benzene rings is 1. The van der Waals surface area contributed by atoms with Gasteiger partial charge in [0.1, 0.15) is 11.5 Å². The van der Waals surface area contributed by atoms with Crippen molar-refractivity contribution < 1.29 is 22.0 Å². The molecule has 0 aliphatic carbocycles. The number of aromatic amines is 1. The highest BCUT2D eigenvalue weighted by atomic mass is 32.2. The summed E-state index contributed by atoms with van der Waals surface area (Å²) in [6, 6.07) is 3.44. The van der Waals surface area contributed by atoms with Crippen LogP contribution in [0.2, 0.25) is 0 Å². The maximum atomic E-state index is 15.1. The van der Waals surface area contributed by atoms with E-state index in [1.807, 2.05) is 13.8 Å². The maximum Gasteiger partial charge on any atom is 0.232 e. The molecule has 1 aromatic carbocycles. The van der Waals surface area contributed by atoms with E-state index >= 15 is 4.39 Å². The van der Waals surface area contributed by atoms with E-state index in [1.54, 1.807) is 19.2 Å². The molecule has 0 saturated heterocycles. The van der Waals surface area contributed by atoms with Crippen molar-refractivity contribution in [3.63, 3.8) is 0 Å². The zero-order chi connectivity index (χ0) is 24.9. The van der Waals surface area contributed by atoms with E-state index in [-0.39, 0.29) is 11.3 Å². The number of sulfonamides is 1. The SMILES string of the molecule is CCCS(=O)(=O)Nc1ccc(F)c(C(=O)c2c[nH]c3ncc(C#CCN(CC)CC)cc23)c1F. The lowest BCUT2D eigenvalue weighted by Gasteiger charge is -2.13. The largest absolute Gasteiger partial charge is 0.345 e. The number of aromatic nitrogens is 2. The standard InChI is InChI=1S/C24H26F2N4O3S/c1-4-12-34(32,33)29-20-10-9-19(25)21(22(20)26)23(31)18-15-28-24-17(18)13-16(14-27-24)8-7-11-30(5-2)6-3/h9-10,13-15,29H,4-6,11-12H2,1-3H3,(H,27,28). The summed E-state index contributed by atoms with van der Waals surface area (Å²) in [5.41, 5.74) is -0.426. The van der Waals surface area contributed by atoms with Crippen molar-refractivity contribution >= 4 is 32.5 Å². The molecule has 0 bridgehead atoms. The Kier molecular flexibility index (Phi) is 8.02. The van der Waals surface area contributed by atoms with Crippen LogP contribution in [0.1, 0.15) is 48.7 Å². The number of ketones is 1. The molecule has 0 atom stereocenters. The van der Waals surface area contributed by atoms with Crippen molar-refractivity contribution in [1.29, 1.82) is 0 Å². The summed E-state index contributed by atoms with van der Waals surface area (Å²) >= 11 is 0. The fourth-order valence-electron chi connectivity index (χ4n) is 3.42. The minimum Gasteiger partial charge on any atom is -0.345 e. The number of hydrogen-bond donors (Lipinski definition) is 2. The summed E-state index contributed by atoms with van der Waals surface area (Å²) in [5.74, 6) is 2.50. The number of carbonyl (C=O) groups excluding carboxylic acids is 1. The molecule has 2 N–H and O–H groups in total. The van der Waals surface area contributed by atoms with Gasteiger partial charge in [-0.2, -0.15) is 0 Å². The van der Waals surface area contributed by atoms with Gasteiger partial charge < -0.3 is 4.98 Å². The molecule has 0 aliphatic rings. The molecule has 3 aromatic rings. The summed E-state index contributed by atoms with van der Waals surface area (Å²) in [4.78, 5) is 22.4. The second-order valence-corrected chi connectivity index (χ2v) is 9.46. The Hall–Kier alpha value is -3.29. The Labute approximate surface area is 197 Å². The molecular weight excluding hydrogens is 462 g/mol. The molecule has 2 aromatic heterocycles. The molecular formula is C24H26F2N4O3S. The first-order valence-electron chi connectivity index (χ1n) is 10.9. The molecule has 0 amide bonds. The van der Waals surface area contributed by atoms with Crippen LogP contribution in [0.4, 0.5) is 14.5 Å². The van der Waals surface area contributed by atoms with E-state index in [2.05, 4.69) is 31.4 Å². The molecule has 0 fully saturated rings. The van der Waals surface area contributed by atoms with Gasteiger partial charge in [-0.05, 0) is 37.7 Å². The average molecular weight is 489 g/mol. The van der Waals surface area contributed by atoms with E-state index in [4.69, 9.17) is 0 Å². The van der Waals surface area contributed by atoms with Crippen LogP contribution in [0.3, 0.4) is 0 Å². The Morgan fingerprint density at radius 3 is 2.62 bits per heavy atom. The summed E-state index contributed by atoms with van der Waals surface area (Å²) in [7, 11) is -3.83. The number of H-pyrrole nitrogens is 1. The first-order valence-corrected chi connectivity index (χ1v) is 12.6. The number of nitrogens with one attached hydrogen (secondary N) is 2. The van der Waals surface area contributed by atoms with Crippen molar-refractivity contribution in [1.82, 2.24) is 14.9 Å². The highest BCUT2D eigenvalue weighted by Crippen LogP contribution is 2.27. The molecule has 0 radical (unpaired) electrons. The summed E-state index contributed by atoms with van der Waals surface area (Å²) in [6.07, 6.45) is 3.18. The zero-order valence-electron chi connectivity index (χ0n) is 19.2. The van der Waals surface area contributed by atoms with Crippen LogP contribution in [-0.2, 0) is 10.0 Å². The minimum atomic E-state index is -3.83. The van der Waals surface area contributed by atoms with Crippen LogP contribution in [0, 0.1) is 23.5 Å². The van der Waals surface area contributed by atoms with Gasteiger partial charge in [0.15, 0.2) is 5.82 Å². The van der Waals surface area contributed by atoms with E-state index in [0.717, 1.165) is 25.2 Å². The highest BCUT2D eigenvalue weighted by molar-refractivity contribution is 7.92. The smallest absolute Gasteiger partial charge is 0.232 e. The summed E-state index contributed by atoms with van der Waals surface area (Å²) < 4.78 is 55.8. The lowest BCUT2D eigenvalue weighted by atomic mass is 10.0. The quantitative estimate of drug-likeness (QED) is 0.352. The summed E-state index contributed by atoms with van der Waals surface area (Å²) in [6.45, 7) is 8.04. The normalized spacial score (nSPS) is 11.5. The zero-order valence-corrected chi connectivity index (χ0v) is 20.0. The number of fused-ring (bicyclic) bond motifs is 1. The van der Waals surface area contributed by atoms with Crippen molar-refractivity contribution in [3.8, 4) is 11.8 Å². The predicted octanol–water partition coefficient (Wildman–Crippen LogP) is 3.92. The van der Waals surface area contributed by atoms with Gasteiger partial charge in [-0.25, -0.2) is 22.2 Å². The van der Waals surface area contributed by atoms with E-state index < -0.39 is 38.7 Å².